The number of hydrogen-bond donors (Lipinski definition) is 10. The lowest BCUT2D eigenvalue weighted by Crippen LogP contribution is -2.60. The van der Waals surface area contributed by atoms with Crippen LogP contribution in [0.25, 0.3) is 10.9 Å². The van der Waals surface area contributed by atoms with Crippen LogP contribution in [0.2, 0.25) is 0 Å². The smallest absolute Gasteiger partial charge is 0.245 e. The number of carbonyl (C=O) groups is 8. The molecule has 0 unspecified atom stereocenters. The number of H-pyrrole nitrogens is 2. The van der Waals surface area contributed by atoms with E-state index in [1.54, 1.807) is 36.5 Å². The Morgan fingerprint density at radius 2 is 1.47 bits per heavy atom. The van der Waals surface area contributed by atoms with Gasteiger partial charge in [-0.1, -0.05) is 89.9 Å². The van der Waals surface area contributed by atoms with E-state index in [0.717, 1.165) is 17.3 Å². The second-order valence-corrected chi connectivity index (χ2v) is 20.0. The van der Waals surface area contributed by atoms with Crippen molar-refractivity contribution in [1.82, 2.24) is 51.3 Å². The maximum absolute atomic E-state index is 14.7. The van der Waals surface area contributed by atoms with Gasteiger partial charge in [0.15, 0.2) is 5.96 Å². The maximum atomic E-state index is 14.7. The number of para-hydroxylation sites is 1. The molecule has 5 atom stereocenters. The number of aromatic amines is 2. The Balaban J connectivity index is 1.56. The van der Waals surface area contributed by atoms with Crippen LogP contribution in [0.5, 0.6) is 0 Å². The van der Waals surface area contributed by atoms with Gasteiger partial charge in [-0.3, -0.25) is 43.3 Å². The van der Waals surface area contributed by atoms with E-state index in [1.807, 2.05) is 31.2 Å². The zero-order chi connectivity index (χ0) is 52.0. The summed E-state index contributed by atoms with van der Waals surface area (Å²) < 4.78 is 0. The molecular formula is C48H66N14O8S2. The van der Waals surface area contributed by atoms with Gasteiger partial charge in [0.2, 0.25) is 47.3 Å². The van der Waals surface area contributed by atoms with Crippen LogP contribution in [0.1, 0.15) is 62.8 Å². The molecule has 0 radical (unpaired) electrons. The average Bonchev–Trinajstić information content (AvgIpc) is 4.02. The van der Waals surface area contributed by atoms with Crippen LogP contribution in [-0.2, 0) is 57.6 Å². The topological polar surface area (TPSA) is 338 Å². The molecule has 0 bridgehead atoms. The first-order chi connectivity index (χ1) is 34.6. The molecule has 72 heavy (non-hydrogen) atoms. The fourth-order valence-electron chi connectivity index (χ4n) is 8.09. The van der Waals surface area contributed by atoms with E-state index < -0.39 is 90.6 Å². The summed E-state index contributed by atoms with van der Waals surface area (Å²) in [5.74, 6) is -4.84. The first kappa shape index (κ1) is 55.8. The molecular weight excluding hydrogens is 965 g/mol. The van der Waals surface area contributed by atoms with Crippen molar-refractivity contribution in [2.75, 3.05) is 44.2 Å². The van der Waals surface area contributed by atoms with Gasteiger partial charge < -0.3 is 63.6 Å². The SMILES string of the molecule is CCCC[C@H](NC(C)=O)C(=O)N1CCSSCCN(CC(N)=O)C(=O)[C@H](Cc2c[nH]c3ccccc23)NC(=O)[C@H](CCCN=C(N)N)NC(=O)[C@@H](Cc2ccccc2)NC(=O)[C@H](Cc2cnc[nH]2)NC(=O)C1. The van der Waals surface area contributed by atoms with Gasteiger partial charge in [0.05, 0.1) is 19.4 Å². The number of guanidine groups is 1. The van der Waals surface area contributed by atoms with E-state index >= 15 is 0 Å². The molecule has 4 aromatic rings. The largest absolute Gasteiger partial charge is 0.370 e. The normalized spacial score (nSPS) is 19.7. The second kappa shape index (κ2) is 28.7. The van der Waals surface area contributed by atoms with E-state index in [2.05, 4.69) is 46.5 Å². The first-order valence-electron chi connectivity index (χ1n) is 23.8. The van der Waals surface area contributed by atoms with Gasteiger partial charge >= 0.3 is 0 Å². The van der Waals surface area contributed by atoms with Crippen molar-refractivity contribution in [3.05, 3.63) is 90.1 Å². The highest BCUT2D eigenvalue weighted by atomic mass is 33.1. The minimum Gasteiger partial charge on any atom is -0.370 e. The first-order valence-corrected chi connectivity index (χ1v) is 26.3. The van der Waals surface area contributed by atoms with Crippen LogP contribution in [-0.4, -0.2) is 152 Å². The lowest BCUT2D eigenvalue weighted by atomic mass is 10.0. The molecule has 0 aliphatic carbocycles. The molecule has 1 saturated heterocycles. The summed E-state index contributed by atoms with van der Waals surface area (Å²) in [5.41, 5.74) is 19.5. The van der Waals surface area contributed by atoms with E-state index in [1.165, 1.54) is 50.8 Å². The van der Waals surface area contributed by atoms with Crippen LogP contribution in [0.15, 0.2) is 78.3 Å². The number of fused-ring (bicyclic) bond motifs is 1. The number of aliphatic imine (C=N–C) groups is 1. The van der Waals surface area contributed by atoms with Crippen LogP contribution in [0.4, 0.5) is 0 Å². The van der Waals surface area contributed by atoms with Gasteiger partial charge in [0, 0.05) is 86.3 Å². The van der Waals surface area contributed by atoms with Gasteiger partial charge in [-0.2, -0.15) is 0 Å². The summed E-state index contributed by atoms with van der Waals surface area (Å²) >= 11 is 0. The number of primary amides is 1. The minimum absolute atomic E-state index is 0.0117. The van der Waals surface area contributed by atoms with Crippen LogP contribution >= 0.6 is 21.6 Å². The Morgan fingerprint density at radius 1 is 0.806 bits per heavy atom. The standard InChI is InChI=1S/C48H66N14O8S2/c1-3-4-14-37(56-30(2)63)46(69)62-19-21-72-71-20-18-61(27-41(49)64)47(70)40(23-32-25-54-35-15-9-8-13-34(32)35)60-43(66)36(16-10-17-53-48(50)51)58-44(67)38(22-31-11-6-5-7-12-31)59-45(68)39(57-42(65)28-62)24-33-26-52-29-55-33/h5-9,11-13,15,25-26,29,36-40,54H,3-4,10,14,16-24,27-28H2,1-2H3,(H2,49,64)(H,52,55)(H,56,63)(H,57,65)(H,58,67)(H,59,68)(H,60,66)(H4,50,51,53)/t36-,37-,38+,39-,40-/m0/s1. The minimum atomic E-state index is -1.33. The third kappa shape index (κ3) is 18.0. The molecule has 22 nitrogen and oxygen atoms in total. The molecule has 2 aromatic heterocycles. The number of aromatic nitrogens is 3. The van der Waals surface area contributed by atoms with Crippen LogP contribution < -0.4 is 43.8 Å². The third-order valence-electron chi connectivity index (χ3n) is 11.6. The predicted molar refractivity (Wildman–Crippen MR) is 276 cm³/mol. The van der Waals surface area contributed by atoms with Crippen molar-refractivity contribution in [2.45, 2.75) is 95.4 Å². The molecule has 0 spiro atoms. The van der Waals surface area contributed by atoms with Gasteiger partial charge in [0.1, 0.15) is 30.2 Å². The van der Waals surface area contributed by atoms with Crippen molar-refractivity contribution < 1.29 is 38.4 Å². The Bertz CT molecular complexity index is 2490. The Morgan fingerprint density at radius 3 is 2.15 bits per heavy atom. The number of unbranched alkanes of at least 4 members (excludes halogenated alkanes) is 1. The number of amides is 8. The highest BCUT2D eigenvalue weighted by Crippen LogP contribution is 2.23. The zero-order valence-electron chi connectivity index (χ0n) is 40.5. The highest BCUT2D eigenvalue weighted by Gasteiger charge is 2.35. The predicted octanol–water partition coefficient (Wildman–Crippen LogP) is 0.144. The molecule has 2 aromatic carbocycles. The molecule has 388 valence electrons. The van der Waals surface area contributed by atoms with Gasteiger partial charge in [0.25, 0.3) is 0 Å². The lowest BCUT2D eigenvalue weighted by Gasteiger charge is -2.30. The summed E-state index contributed by atoms with van der Waals surface area (Å²) in [4.78, 5) is 128. The van der Waals surface area contributed by atoms with Crippen molar-refractivity contribution in [3.8, 4) is 0 Å². The Kier molecular flexibility index (Phi) is 22.2. The second-order valence-electron chi connectivity index (χ2n) is 17.3. The molecule has 13 N–H and O–H groups in total. The summed E-state index contributed by atoms with van der Waals surface area (Å²) in [7, 11) is 2.70. The van der Waals surface area contributed by atoms with E-state index in [4.69, 9.17) is 17.2 Å². The van der Waals surface area contributed by atoms with Crippen molar-refractivity contribution in [3.63, 3.8) is 0 Å². The lowest BCUT2D eigenvalue weighted by molar-refractivity contribution is -0.140. The summed E-state index contributed by atoms with van der Waals surface area (Å²) in [5, 5.41) is 14.8. The summed E-state index contributed by atoms with van der Waals surface area (Å²) in [6.07, 6.45) is 6.38. The van der Waals surface area contributed by atoms with Gasteiger partial charge in [-0.25, -0.2) is 4.98 Å². The number of imidazole rings is 1. The van der Waals surface area contributed by atoms with E-state index in [-0.39, 0.29) is 63.5 Å². The monoisotopic (exact) mass is 1030 g/mol. The zero-order valence-corrected chi connectivity index (χ0v) is 42.2. The van der Waals surface area contributed by atoms with Crippen LogP contribution in [0.3, 0.4) is 0 Å². The van der Waals surface area contributed by atoms with E-state index in [0.29, 0.717) is 35.4 Å². The molecule has 24 heteroatoms. The fraction of sp³-hybridized carbons (Fsp3) is 0.458. The van der Waals surface area contributed by atoms with Crippen molar-refractivity contribution in [1.29, 1.82) is 0 Å². The molecule has 0 saturated carbocycles. The highest BCUT2D eigenvalue weighted by molar-refractivity contribution is 8.76. The van der Waals surface area contributed by atoms with Gasteiger partial charge in [-0.15, -0.1) is 0 Å². The van der Waals surface area contributed by atoms with E-state index in [9.17, 15) is 38.4 Å². The number of rotatable bonds is 17. The number of hydrogen-bond acceptors (Lipinski definition) is 12. The molecule has 8 amide bonds. The number of carbonyl (C=O) groups excluding carboxylic acids is 8. The number of benzene rings is 2. The van der Waals surface area contributed by atoms with Gasteiger partial charge in [-0.05, 0) is 36.5 Å². The third-order valence-corrected chi connectivity index (χ3v) is 14.0. The van der Waals surface area contributed by atoms with Crippen LogP contribution in [0, 0.1) is 0 Å². The number of nitrogens with zero attached hydrogens (tertiary/aromatic N) is 4. The molecule has 1 fully saturated rings. The molecule has 1 aliphatic rings. The summed E-state index contributed by atoms with van der Waals surface area (Å²) in [6, 6.07) is 10.2. The number of nitrogens with one attached hydrogen (secondary N) is 7. The summed E-state index contributed by atoms with van der Waals surface area (Å²) in [6.45, 7) is 2.49. The average molecular weight is 1030 g/mol. The number of nitrogens with two attached hydrogens (primary N) is 3. The Labute approximate surface area is 425 Å². The quantitative estimate of drug-likeness (QED) is 0.0292. The molecule has 3 heterocycles. The Hall–Kier alpha value is -7.08. The van der Waals surface area contributed by atoms with Crippen molar-refractivity contribution in [2.24, 2.45) is 22.2 Å². The molecule has 5 rings (SSSR count). The fourth-order valence-corrected chi connectivity index (χ4v) is 10.1. The maximum Gasteiger partial charge on any atom is 0.245 e. The molecule has 1 aliphatic heterocycles. The van der Waals surface area contributed by atoms with Crippen molar-refractivity contribution >= 4 is 85.7 Å².